The van der Waals surface area contributed by atoms with Crippen molar-refractivity contribution in [2.75, 3.05) is 29.9 Å². The molecule has 0 aromatic heterocycles. The van der Waals surface area contributed by atoms with E-state index in [-0.39, 0.29) is 18.4 Å². The van der Waals surface area contributed by atoms with Gasteiger partial charge in [0.15, 0.2) is 0 Å². The van der Waals surface area contributed by atoms with Crippen LogP contribution in [0.25, 0.3) is 0 Å². The zero-order chi connectivity index (χ0) is 18.8. The van der Waals surface area contributed by atoms with Crippen LogP contribution in [0.15, 0.2) is 54.6 Å². The number of unbranched alkanes of at least 4 members (excludes halogenated alkanes) is 1. The zero-order valence-electron chi connectivity index (χ0n) is 15.5. The SMILES string of the molecule is CCCCNCC(=O)Nc1cccc(C(=O)N(CC)c2ccccc2)c1. The first-order valence-electron chi connectivity index (χ1n) is 9.13. The molecular formula is C21H27N3O2. The molecule has 5 nitrogen and oxygen atoms in total. The Hall–Kier alpha value is -2.66. The topological polar surface area (TPSA) is 61.4 Å². The lowest BCUT2D eigenvalue weighted by molar-refractivity contribution is -0.115. The van der Waals surface area contributed by atoms with E-state index in [1.54, 1.807) is 29.2 Å². The first kappa shape index (κ1) is 19.7. The van der Waals surface area contributed by atoms with Crippen molar-refractivity contribution in [1.82, 2.24) is 5.32 Å². The highest BCUT2D eigenvalue weighted by Crippen LogP contribution is 2.18. The van der Waals surface area contributed by atoms with E-state index in [9.17, 15) is 9.59 Å². The van der Waals surface area contributed by atoms with Crippen LogP contribution >= 0.6 is 0 Å². The first-order chi connectivity index (χ1) is 12.7. The molecule has 0 aliphatic carbocycles. The fourth-order valence-corrected chi connectivity index (χ4v) is 2.65. The summed E-state index contributed by atoms with van der Waals surface area (Å²) in [6.07, 6.45) is 2.14. The third-order valence-electron chi connectivity index (χ3n) is 4.02. The summed E-state index contributed by atoms with van der Waals surface area (Å²) in [7, 11) is 0. The van der Waals surface area contributed by atoms with Crippen molar-refractivity contribution in [2.24, 2.45) is 0 Å². The molecule has 0 atom stereocenters. The molecule has 0 bridgehead atoms. The number of carbonyl (C=O) groups excluding carboxylic acids is 2. The van der Waals surface area contributed by atoms with Crippen LogP contribution in [0.4, 0.5) is 11.4 Å². The minimum Gasteiger partial charge on any atom is -0.325 e. The number of benzene rings is 2. The monoisotopic (exact) mass is 353 g/mol. The van der Waals surface area contributed by atoms with Gasteiger partial charge in [0, 0.05) is 23.5 Å². The fourth-order valence-electron chi connectivity index (χ4n) is 2.65. The Balaban J connectivity index is 2.03. The van der Waals surface area contributed by atoms with Crippen molar-refractivity contribution in [3.05, 3.63) is 60.2 Å². The summed E-state index contributed by atoms with van der Waals surface area (Å²) < 4.78 is 0. The van der Waals surface area contributed by atoms with Gasteiger partial charge in [-0.2, -0.15) is 0 Å². The summed E-state index contributed by atoms with van der Waals surface area (Å²) >= 11 is 0. The van der Waals surface area contributed by atoms with Gasteiger partial charge in [-0.1, -0.05) is 37.6 Å². The van der Waals surface area contributed by atoms with Gasteiger partial charge in [-0.15, -0.1) is 0 Å². The fraction of sp³-hybridized carbons (Fsp3) is 0.333. The Kier molecular flexibility index (Phi) is 7.83. The second-order valence-corrected chi connectivity index (χ2v) is 6.04. The predicted molar refractivity (Wildman–Crippen MR) is 107 cm³/mol. The lowest BCUT2D eigenvalue weighted by atomic mass is 10.1. The van der Waals surface area contributed by atoms with Gasteiger partial charge in [0.05, 0.1) is 6.54 Å². The molecule has 26 heavy (non-hydrogen) atoms. The lowest BCUT2D eigenvalue weighted by Crippen LogP contribution is -2.31. The standard InChI is InChI=1S/C21H27N3O2/c1-3-5-14-22-16-20(25)23-18-11-9-10-17(15-18)21(26)24(4-2)19-12-7-6-8-13-19/h6-13,15,22H,3-5,14,16H2,1-2H3,(H,23,25). The summed E-state index contributed by atoms with van der Waals surface area (Å²) in [5, 5.41) is 5.94. The normalized spacial score (nSPS) is 10.4. The number of amides is 2. The van der Waals surface area contributed by atoms with Crippen LogP contribution in [-0.2, 0) is 4.79 Å². The van der Waals surface area contributed by atoms with Gasteiger partial charge < -0.3 is 15.5 Å². The molecular weight excluding hydrogens is 326 g/mol. The third-order valence-corrected chi connectivity index (χ3v) is 4.02. The molecule has 0 fully saturated rings. The van der Waals surface area contributed by atoms with E-state index in [0.717, 1.165) is 25.1 Å². The molecule has 0 heterocycles. The van der Waals surface area contributed by atoms with Crippen LogP contribution in [0.3, 0.4) is 0 Å². The maximum Gasteiger partial charge on any atom is 0.258 e. The van der Waals surface area contributed by atoms with Gasteiger partial charge in [0.25, 0.3) is 5.91 Å². The Bertz CT molecular complexity index is 716. The van der Waals surface area contributed by atoms with Gasteiger partial charge in [-0.05, 0) is 50.2 Å². The number of hydrogen-bond acceptors (Lipinski definition) is 3. The molecule has 0 saturated carbocycles. The van der Waals surface area contributed by atoms with Crippen LogP contribution in [-0.4, -0.2) is 31.4 Å². The van der Waals surface area contributed by atoms with E-state index in [1.807, 2.05) is 37.3 Å². The highest BCUT2D eigenvalue weighted by Gasteiger charge is 2.16. The summed E-state index contributed by atoms with van der Waals surface area (Å²) in [4.78, 5) is 26.6. The Morgan fingerprint density at radius 1 is 1.00 bits per heavy atom. The van der Waals surface area contributed by atoms with Crippen molar-refractivity contribution in [3.63, 3.8) is 0 Å². The maximum absolute atomic E-state index is 12.9. The van der Waals surface area contributed by atoms with Crippen LogP contribution in [0, 0.1) is 0 Å². The first-order valence-corrected chi connectivity index (χ1v) is 9.13. The van der Waals surface area contributed by atoms with Crippen molar-refractivity contribution in [2.45, 2.75) is 26.7 Å². The average molecular weight is 353 g/mol. The largest absolute Gasteiger partial charge is 0.325 e. The summed E-state index contributed by atoms with van der Waals surface area (Å²) in [5.41, 5.74) is 2.03. The van der Waals surface area contributed by atoms with Crippen LogP contribution < -0.4 is 15.5 Å². The van der Waals surface area contributed by atoms with E-state index in [1.165, 1.54) is 0 Å². The van der Waals surface area contributed by atoms with Gasteiger partial charge in [0.2, 0.25) is 5.91 Å². The Morgan fingerprint density at radius 2 is 1.77 bits per heavy atom. The molecule has 2 rings (SSSR count). The third kappa shape index (κ3) is 5.70. The molecule has 0 spiro atoms. The number of hydrogen-bond donors (Lipinski definition) is 2. The van der Waals surface area contributed by atoms with Gasteiger partial charge >= 0.3 is 0 Å². The molecule has 0 aliphatic rings. The smallest absolute Gasteiger partial charge is 0.258 e. The van der Waals surface area contributed by atoms with Crippen LogP contribution in [0.1, 0.15) is 37.0 Å². The molecule has 2 aromatic carbocycles. The van der Waals surface area contributed by atoms with Crippen LogP contribution in [0.5, 0.6) is 0 Å². The van der Waals surface area contributed by atoms with E-state index >= 15 is 0 Å². The average Bonchev–Trinajstić information content (AvgIpc) is 2.67. The number of carbonyl (C=O) groups is 2. The number of rotatable bonds is 9. The molecule has 0 unspecified atom stereocenters. The molecule has 0 radical (unpaired) electrons. The minimum absolute atomic E-state index is 0.0872. The minimum atomic E-state index is -0.110. The van der Waals surface area contributed by atoms with E-state index < -0.39 is 0 Å². The second kappa shape index (κ2) is 10.4. The summed E-state index contributed by atoms with van der Waals surface area (Å²) in [6, 6.07) is 16.6. The quantitative estimate of drug-likeness (QED) is 0.676. The molecule has 2 amide bonds. The Morgan fingerprint density at radius 3 is 2.46 bits per heavy atom. The van der Waals surface area contributed by atoms with Crippen molar-refractivity contribution in [1.29, 1.82) is 0 Å². The molecule has 0 aliphatic heterocycles. The summed E-state index contributed by atoms with van der Waals surface area (Å²) in [5.74, 6) is -0.197. The molecule has 138 valence electrons. The van der Waals surface area contributed by atoms with Gasteiger partial charge in [0.1, 0.15) is 0 Å². The predicted octanol–water partition coefficient (Wildman–Crippen LogP) is 3.68. The Labute approximate surface area is 155 Å². The van der Waals surface area contributed by atoms with E-state index in [2.05, 4.69) is 17.6 Å². The van der Waals surface area contributed by atoms with Crippen LogP contribution in [0.2, 0.25) is 0 Å². The molecule has 0 saturated heterocycles. The van der Waals surface area contributed by atoms with Crippen molar-refractivity contribution < 1.29 is 9.59 Å². The van der Waals surface area contributed by atoms with E-state index in [4.69, 9.17) is 0 Å². The van der Waals surface area contributed by atoms with Gasteiger partial charge in [-0.25, -0.2) is 0 Å². The maximum atomic E-state index is 12.9. The van der Waals surface area contributed by atoms with Gasteiger partial charge in [-0.3, -0.25) is 9.59 Å². The highest BCUT2D eigenvalue weighted by atomic mass is 16.2. The van der Waals surface area contributed by atoms with Crippen molar-refractivity contribution >= 4 is 23.2 Å². The number of nitrogens with one attached hydrogen (secondary N) is 2. The van der Waals surface area contributed by atoms with Crippen molar-refractivity contribution in [3.8, 4) is 0 Å². The molecule has 2 N–H and O–H groups in total. The number of anilines is 2. The van der Waals surface area contributed by atoms with E-state index in [0.29, 0.717) is 17.8 Å². The second-order valence-electron chi connectivity index (χ2n) is 6.04. The zero-order valence-corrected chi connectivity index (χ0v) is 15.5. The lowest BCUT2D eigenvalue weighted by Gasteiger charge is -2.21. The highest BCUT2D eigenvalue weighted by molar-refractivity contribution is 6.07. The number of para-hydroxylation sites is 1. The summed E-state index contributed by atoms with van der Waals surface area (Å²) in [6.45, 7) is 5.72. The number of nitrogens with zero attached hydrogens (tertiary/aromatic N) is 1. The molecule has 2 aromatic rings. The molecule has 5 heteroatoms.